The van der Waals surface area contributed by atoms with Gasteiger partial charge in [-0.2, -0.15) is 0 Å². The molecule has 9 saturated heterocycles. The summed E-state index contributed by atoms with van der Waals surface area (Å²) < 4.78 is 97.3. The molecule has 9 rings (SSSR count). The van der Waals surface area contributed by atoms with Crippen molar-refractivity contribution in [3.05, 3.63) is 0 Å². The highest BCUT2D eigenvalue weighted by Gasteiger charge is 2.60. The van der Waals surface area contributed by atoms with Crippen LogP contribution in [0.4, 0.5) is 0 Å². The van der Waals surface area contributed by atoms with Crippen LogP contribution >= 0.6 is 0 Å². The predicted octanol–water partition coefficient (Wildman–Crippen LogP) is -18.9. The zero-order valence-corrected chi connectivity index (χ0v) is 54.4. The van der Waals surface area contributed by atoms with Crippen LogP contribution in [0.25, 0.3) is 0 Å². The summed E-state index contributed by atoms with van der Waals surface area (Å²) in [7, 11) is 0. The molecule has 596 valence electrons. The monoisotopic (exact) mass is 1500 g/mol. The fraction of sp³-hybridized carbons (Fsp3) is 1.00. The van der Waals surface area contributed by atoms with Gasteiger partial charge in [-0.05, 0) is 5.92 Å². The molecule has 0 spiro atoms. The minimum absolute atomic E-state index is 0.458. The molecule has 0 aromatic rings. The van der Waals surface area contributed by atoms with Crippen LogP contribution in [0.5, 0.6) is 0 Å². The average Bonchev–Trinajstić information content (AvgIpc) is 0.776. The first-order chi connectivity index (χ1) is 48.3. The van der Waals surface area contributed by atoms with Crippen LogP contribution in [0, 0.1) is 5.92 Å². The second-order valence-electron chi connectivity index (χ2n) is 26.5. The minimum atomic E-state index is -2.52. The Morgan fingerprint density at radius 2 is 0.392 bits per heavy atom. The van der Waals surface area contributed by atoms with E-state index in [2.05, 4.69) is 0 Å². The molecule has 0 saturated carbocycles. The Morgan fingerprint density at radius 1 is 0.206 bits per heavy atom. The van der Waals surface area contributed by atoms with E-state index in [0.29, 0.717) is 0 Å². The molecule has 0 aliphatic carbocycles. The van der Waals surface area contributed by atoms with Crippen molar-refractivity contribution < 1.29 is 224 Å². The Kier molecular flexibility index (Phi) is 30.0. The molecule has 45 unspecified atom stereocenters. The maximum absolute atomic E-state index is 12.2. The molecule has 9 fully saturated rings. The minimum Gasteiger partial charge on any atom is -0.394 e. The van der Waals surface area contributed by atoms with Crippen molar-refractivity contribution in [3.63, 3.8) is 0 Å². The first kappa shape index (κ1) is 84.2. The number of rotatable bonds is 26. The van der Waals surface area contributed by atoms with Crippen LogP contribution in [0.2, 0.25) is 0 Å². The summed E-state index contributed by atoms with van der Waals surface area (Å²) in [6.45, 7) is -6.09. The van der Waals surface area contributed by atoms with Crippen LogP contribution in [0.15, 0.2) is 0 Å². The normalized spacial score (nSPS) is 52.9. The van der Waals surface area contributed by atoms with Gasteiger partial charge in [0, 0.05) is 0 Å². The standard InChI is InChI=1S/C57H98O45/c1-12(2)42-35(79)43(24(68)15(5-60)87-42)96-53-39(83)47(28(72)19(9-64)91-53)100-55-40(84)48(29(73)20(10-65)93-55)101-57-41(85)49(102-56-38(82)46(27(71)18(8-63)94-56)98-52-34(78)32(76)23(67)14(4-59)90-52)30(74)21(95-57)11-86-50-36(80)44(25(69)16(6-61)88-50)99-54-37(81)45(26(70)17(7-62)92-54)97-51-33(77)31(75)22(66)13(3-58)89-51/h12-85H,3-11H2,1-2H3. The van der Waals surface area contributed by atoms with Crippen LogP contribution in [-0.4, -0.2) is 479 Å². The van der Waals surface area contributed by atoms with Crippen LogP contribution < -0.4 is 0 Å². The Balaban J connectivity index is 0.981. The maximum Gasteiger partial charge on any atom is 0.187 e. The lowest BCUT2D eigenvalue weighted by Gasteiger charge is -2.50. The molecule has 45 nitrogen and oxygen atoms in total. The zero-order chi connectivity index (χ0) is 74.9. The van der Waals surface area contributed by atoms with Crippen molar-refractivity contribution in [2.75, 3.05) is 59.5 Å². The molecule has 45 atom stereocenters. The molecule has 0 bridgehead atoms. The van der Waals surface area contributed by atoms with E-state index in [4.69, 9.17) is 80.5 Å². The van der Waals surface area contributed by atoms with Gasteiger partial charge in [0.15, 0.2) is 50.3 Å². The highest BCUT2D eigenvalue weighted by molar-refractivity contribution is 5.03. The van der Waals surface area contributed by atoms with Gasteiger partial charge in [-0.1, -0.05) is 13.8 Å². The number of aliphatic hydroxyl groups is 28. The van der Waals surface area contributed by atoms with Crippen molar-refractivity contribution in [2.45, 2.75) is 290 Å². The highest BCUT2D eigenvalue weighted by atomic mass is 16.8. The van der Waals surface area contributed by atoms with Crippen molar-refractivity contribution >= 4 is 0 Å². The second-order valence-corrected chi connectivity index (χ2v) is 26.5. The van der Waals surface area contributed by atoms with Gasteiger partial charge in [-0.25, -0.2) is 0 Å². The largest absolute Gasteiger partial charge is 0.394 e. The Morgan fingerprint density at radius 3 is 0.637 bits per heavy atom. The van der Waals surface area contributed by atoms with Crippen LogP contribution in [-0.2, 0) is 80.5 Å². The van der Waals surface area contributed by atoms with Crippen molar-refractivity contribution in [1.82, 2.24) is 0 Å². The summed E-state index contributed by atoms with van der Waals surface area (Å²) in [5.74, 6) is -0.458. The van der Waals surface area contributed by atoms with E-state index >= 15 is 0 Å². The van der Waals surface area contributed by atoms with Gasteiger partial charge in [-0.15, -0.1) is 0 Å². The van der Waals surface area contributed by atoms with Gasteiger partial charge in [0.05, 0.1) is 65.6 Å². The summed E-state index contributed by atoms with van der Waals surface area (Å²) in [5, 5.41) is 308. The van der Waals surface area contributed by atoms with Gasteiger partial charge >= 0.3 is 0 Å². The van der Waals surface area contributed by atoms with Crippen molar-refractivity contribution in [3.8, 4) is 0 Å². The molecule has 0 aromatic carbocycles. The molecule has 9 aliphatic rings. The van der Waals surface area contributed by atoms with Crippen LogP contribution in [0.3, 0.4) is 0 Å². The van der Waals surface area contributed by atoms with Crippen LogP contribution in [0.1, 0.15) is 13.8 Å². The Bertz CT molecular complexity index is 2510. The lowest BCUT2D eigenvalue weighted by atomic mass is 9.89. The lowest BCUT2D eigenvalue weighted by molar-refractivity contribution is -0.401. The molecule has 45 heteroatoms. The molecule has 9 heterocycles. The van der Waals surface area contributed by atoms with Gasteiger partial charge in [-0.3, -0.25) is 0 Å². The van der Waals surface area contributed by atoms with Gasteiger partial charge < -0.3 is 224 Å². The number of hydrogen-bond acceptors (Lipinski definition) is 45. The topological polar surface area (TPSA) is 723 Å². The van der Waals surface area contributed by atoms with E-state index in [-0.39, 0.29) is 0 Å². The third-order valence-corrected chi connectivity index (χ3v) is 19.5. The maximum atomic E-state index is 12.2. The molecule has 102 heavy (non-hydrogen) atoms. The SMILES string of the molecule is CC(C)C1OC(CO)C(O)C(OC2OC(CO)C(O)C(OC3OC(CO)C(O)C(OC4OC(COC5OC(CO)C(O)C(OC6OC(CO)C(O)C(OC7OC(CO)C(O)C(O)C7O)C6O)C5O)C(O)C(OC5OC(CO)C(O)C(OC6OC(CO)C(O)C(O)C6O)C5O)C4O)C3O)C2O)C1O. The van der Waals surface area contributed by atoms with Gasteiger partial charge in [0.1, 0.15) is 220 Å². The third kappa shape index (κ3) is 17.4. The van der Waals surface area contributed by atoms with Crippen molar-refractivity contribution in [2.24, 2.45) is 5.92 Å². The van der Waals surface area contributed by atoms with E-state index in [1.807, 2.05) is 0 Å². The molecule has 28 N–H and O–H groups in total. The number of ether oxygens (including phenoxy) is 17. The first-order valence-corrected chi connectivity index (χ1v) is 32.9. The smallest absolute Gasteiger partial charge is 0.187 e. The molecular formula is C57H98O45. The third-order valence-electron chi connectivity index (χ3n) is 19.5. The van der Waals surface area contributed by atoms with E-state index in [1.54, 1.807) is 13.8 Å². The molecule has 0 amide bonds. The summed E-state index contributed by atoms with van der Waals surface area (Å²) in [4.78, 5) is 0. The average molecular weight is 1500 g/mol. The second kappa shape index (κ2) is 36.4. The predicted molar refractivity (Wildman–Crippen MR) is 310 cm³/mol. The lowest BCUT2D eigenvalue weighted by Crippen LogP contribution is -2.69. The Hall–Kier alpha value is -1.80. The fourth-order valence-corrected chi connectivity index (χ4v) is 13.4. The van der Waals surface area contributed by atoms with Gasteiger partial charge in [0.25, 0.3) is 0 Å². The highest BCUT2D eigenvalue weighted by Crippen LogP contribution is 2.40. The zero-order valence-electron chi connectivity index (χ0n) is 54.4. The van der Waals surface area contributed by atoms with Gasteiger partial charge in [0.2, 0.25) is 0 Å². The fourth-order valence-electron chi connectivity index (χ4n) is 13.4. The quantitative estimate of drug-likeness (QED) is 0.0382. The molecular weight excluding hydrogens is 1400 g/mol. The first-order valence-electron chi connectivity index (χ1n) is 32.9. The Labute approximate surface area is 577 Å². The van der Waals surface area contributed by atoms with E-state index in [0.717, 1.165) is 0 Å². The molecule has 0 radical (unpaired) electrons. The van der Waals surface area contributed by atoms with E-state index < -0.39 is 342 Å². The summed E-state index contributed by atoms with van der Waals surface area (Å²) >= 11 is 0. The summed E-state index contributed by atoms with van der Waals surface area (Å²) in [5.41, 5.74) is 0. The van der Waals surface area contributed by atoms with E-state index in [1.165, 1.54) is 0 Å². The van der Waals surface area contributed by atoms with E-state index in [9.17, 15) is 143 Å². The summed E-state index contributed by atoms with van der Waals surface area (Å²) in [6.07, 6.45) is -91.9. The molecule has 9 aliphatic heterocycles. The molecule has 0 aromatic heterocycles. The number of aliphatic hydroxyl groups excluding tert-OH is 28. The number of hydrogen-bond donors (Lipinski definition) is 28. The summed E-state index contributed by atoms with van der Waals surface area (Å²) in [6, 6.07) is 0. The van der Waals surface area contributed by atoms with Crippen molar-refractivity contribution in [1.29, 1.82) is 0 Å².